The lowest BCUT2D eigenvalue weighted by Crippen LogP contribution is -2.03. The van der Waals surface area contributed by atoms with Crippen LogP contribution in [0.4, 0.5) is 5.95 Å². The first-order chi connectivity index (χ1) is 7.29. The van der Waals surface area contributed by atoms with Crippen LogP contribution in [-0.4, -0.2) is 9.55 Å². The fourth-order valence-corrected chi connectivity index (χ4v) is 1.46. The highest BCUT2D eigenvalue weighted by Gasteiger charge is 2.02. The van der Waals surface area contributed by atoms with E-state index in [1.165, 1.54) is 5.56 Å². The Bertz CT molecular complexity index is 457. The second-order valence-corrected chi connectivity index (χ2v) is 3.34. The molecule has 0 spiro atoms. The molecule has 0 atom stereocenters. The molecule has 2 aromatic rings. The Kier molecular flexibility index (Phi) is 2.54. The first-order valence-corrected chi connectivity index (χ1v) is 4.78. The molecule has 0 unspecified atom stereocenters. The molecule has 0 aliphatic heterocycles. The van der Waals surface area contributed by atoms with Crippen molar-refractivity contribution >= 4 is 12.0 Å². The minimum Gasteiger partial charge on any atom is -0.369 e. The highest BCUT2D eigenvalue weighted by molar-refractivity contribution is 5.44. The van der Waals surface area contributed by atoms with Gasteiger partial charge in [-0.25, -0.2) is 4.98 Å². The summed E-state index contributed by atoms with van der Waals surface area (Å²) < 4.78 is 1.91. The van der Waals surface area contributed by atoms with Crippen LogP contribution >= 0.6 is 0 Å². The third-order valence-electron chi connectivity index (χ3n) is 2.23. The van der Waals surface area contributed by atoms with E-state index in [-0.39, 0.29) is 0 Å². The highest BCUT2D eigenvalue weighted by atomic mass is 15.1. The third-order valence-corrected chi connectivity index (χ3v) is 2.23. The van der Waals surface area contributed by atoms with Crippen molar-refractivity contribution in [2.24, 2.45) is 0 Å². The number of imidazole rings is 1. The monoisotopic (exact) mass is 199 g/mol. The van der Waals surface area contributed by atoms with Crippen LogP contribution in [0.2, 0.25) is 0 Å². The second kappa shape index (κ2) is 4.00. The standard InChI is InChI=1S/C12H13N3/c1-2-11-9-15(12(13)14-11)8-10-6-4-3-5-7-10/h2-7,9H,1,8H2,(H2,13,14). The lowest BCUT2D eigenvalue weighted by atomic mass is 10.2. The van der Waals surface area contributed by atoms with Gasteiger partial charge in [0, 0.05) is 6.20 Å². The quantitative estimate of drug-likeness (QED) is 0.823. The van der Waals surface area contributed by atoms with Crippen molar-refractivity contribution in [3.05, 3.63) is 54.4 Å². The largest absolute Gasteiger partial charge is 0.369 e. The molecule has 0 aliphatic rings. The summed E-state index contributed by atoms with van der Waals surface area (Å²) in [5.74, 6) is 0.522. The Hall–Kier alpha value is -2.03. The van der Waals surface area contributed by atoms with Crippen LogP contribution < -0.4 is 5.73 Å². The normalized spacial score (nSPS) is 10.1. The Morgan fingerprint density at radius 2 is 2.07 bits per heavy atom. The maximum Gasteiger partial charge on any atom is 0.201 e. The number of hydrogen-bond donors (Lipinski definition) is 1. The van der Waals surface area contributed by atoms with Gasteiger partial charge in [-0.1, -0.05) is 36.9 Å². The van der Waals surface area contributed by atoms with Crippen molar-refractivity contribution < 1.29 is 0 Å². The smallest absolute Gasteiger partial charge is 0.201 e. The fraction of sp³-hybridized carbons (Fsp3) is 0.0833. The summed E-state index contributed by atoms with van der Waals surface area (Å²) in [5, 5.41) is 0. The summed E-state index contributed by atoms with van der Waals surface area (Å²) in [4.78, 5) is 4.15. The van der Waals surface area contributed by atoms with E-state index in [1.54, 1.807) is 6.08 Å². The SMILES string of the molecule is C=Cc1cn(Cc2ccccc2)c(N)n1. The van der Waals surface area contributed by atoms with Crippen molar-refractivity contribution in [2.45, 2.75) is 6.54 Å². The van der Waals surface area contributed by atoms with Crippen LogP contribution in [0.1, 0.15) is 11.3 Å². The molecule has 0 saturated heterocycles. The van der Waals surface area contributed by atoms with Gasteiger partial charge in [-0.15, -0.1) is 0 Å². The number of hydrogen-bond acceptors (Lipinski definition) is 2. The van der Waals surface area contributed by atoms with Gasteiger partial charge < -0.3 is 10.3 Å². The van der Waals surface area contributed by atoms with Crippen LogP contribution in [0.3, 0.4) is 0 Å². The Balaban J connectivity index is 2.24. The number of nitrogens with zero attached hydrogens (tertiary/aromatic N) is 2. The molecule has 1 heterocycles. The number of nitrogens with two attached hydrogens (primary N) is 1. The van der Waals surface area contributed by atoms with Crippen LogP contribution in [0.25, 0.3) is 6.08 Å². The highest BCUT2D eigenvalue weighted by Crippen LogP contribution is 2.09. The van der Waals surface area contributed by atoms with Crippen molar-refractivity contribution in [3.63, 3.8) is 0 Å². The van der Waals surface area contributed by atoms with E-state index in [0.717, 1.165) is 12.2 Å². The molecule has 0 amide bonds. The molecule has 2 N–H and O–H groups in total. The number of benzene rings is 1. The average molecular weight is 199 g/mol. The maximum atomic E-state index is 5.77. The van der Waals surface area contributed by atoms with Gasteiger partial charge in [-0.05, 0) is 11.6 Å². The minimum atomic E-state index is 0.522. The molecule has 3 heteroatoms. The lowest BCUT2D eigenvalue weighted by molar-refractivity contribution is 0.811. The number of nitrogen functional groups attached to an aromatic ring is 1. The molecule has 1 aromatic carbocycles. The zero-order chi connectivity index (χ0) is 10.7. The lowest BCUT2D eigenvalue weighted by Gasteiger charge is -2.03. The van der Waals surface area contributed by atoms with Gasteiger partial charge in [-0.3, -0.25) is 0 Å². The predicted octanol–water partition coefficient (Wildman–Crippen LogP) is 2.16. The summed E-state index contributed by atoms with van der Waals surface area (Å²) in [6, 6.07) is 10.1. The van der Waals surface area contributed by atoms with E-state index in [2.05, 4.69) is 23.7 Å². The van der Waals surface area contributed by atoms with E-state index in [4.69, 9.17) is 5.73 Å². The molecule has 3 nitrogen and oxygen atoms in total. The first kappa shape index (κ1) is 9.52. The molecule has 2 rings (SSSR count). The van der Waals surface area contributed by atoms with E-state index in [9.17, 15) is 0 Å². The summed E-state index contributed by atoms with van der Waals surface area (Å²) in [5.41, 5.74) is 7.78. The van der Waals surface area contributed by atoms with Crippen LogP contribution in [0, 0.1) is 0 Å². The first-order valence-electron chi connectivity index (χ1n) is 4.78. The summed E-state index contributed by atoms with van der Waals surface area (Å²) in [7, 11) is 0. The topological polar surface area (TPSA) is 43.8 Å². The molecule has 15 heavy (non-hydrogen) atoms. The predicted molar refractivity (Wildman–Crippen MR) is 62.3 cm³/mol. The molecule has 76 valence electrons. The molecule has 1 aromatic heterocycles. The van der Waals surface area contributed by atoms with E-state index < -0.39 is 0 Å². The van der Waals surface area contributed by atoms with Crippen molar-refractivity contribution in [1.29, 1.82) is 0 Å². The fourth-order valence-electron chi connectivity index (χ4n) is 1.46. The van der Waals surface area contributed by atoms with Crippen molar-refractivity contribution in [1.82, 2.24) is 9.55 Å². The summed E-state index contributed by atoms with van der Waals surface area (Å²) in [6.45, 7) is 4.40. The zero-order valence-corrected chi connectivity index (χ0v) is 8.43. The number of rotatable bonds is 3. The summed E-state index contributed by atoms with van der Waals surface area (Å²) in [6.07, 6.45) is 3.59. The molecule has 0 bridgehead atoms. The van der Waals surface area contributed by atoms with Gasteiger partial charge in [0.25, 0.3) is 0 Å². The van der Waals surface area contributed by atoms with Crippen LogP contribution in [0.15, 0.2) is 43.1 Å². The Morgan fingerprint density at radius 3 is 2.67 bits per heavy atom. The van der Waals surface area contributed by atoms with Gasteiger partial charge in [0.15, 0.2) is 0 Å². The van der Waals surface area contributed by atoms with Crippen molar-refractivity contribution in [3.8, 4) is 0 Å². The molecule has 0 saturated carbocycles. The Morgan fingerprint density at radius 1 is 1.33 bits per heavy atom. The summed E-state index contributed by atoms with van der Waals surface area (Å²) >= 11 is 0. The van der Waals surface area contributed by atoms with Crippen LogP contribution in [0.5, 0.6) is 0 Å². The van der Waals surface area contributed by atoms with E-state index >= 15 is 0 Å². The third kappa shape index (κ3) is 2.07. The van der Waals surface area contributed by atoms with Crippen molar-refractivity contribution in [2.75, 3.05) is 5.73 Å². The maximum absolute atomic E-state index is 5.77. The van der Waals surface area contributed by atoms with Gasteiger partial charge in [0.05, 0.1) is 12.2 Å². The molecule has 0 radical (unpaired) electrons. The molecular formula is C12H13N3. The van der Waals surface area contributed by atoms with E-state index in [1.807, 2.05) is 29.0 Å². The van der Waals surface area contributed by atoms with Gasteiger partial charge in [0.2, 0.25) is 5.95 Å². The van der Waals surface area contributed by atoms with E-state index in [0.29, 0.717) is 5.95 Å². The van der Waals surface area contributed by atoms with Gasteiger partial charge in [0.1, 0.15) is 0 Å². The number of aromatic nitrogens is 2. The zero-order valence-electron chi connectivity index (χ0n) is 8.43. The molecule has 0 aliphatic carbocycles. The van der Waals surface area contributed by atoms with Gasteiger partial charge >= 0.3 is 0 Å². The number of anilines is 1. The Labute approximate surface area is 88.9 Å². The minimum absolute atomic E-state index is 0.522. The average Bonchev–Trinajstić information content (AvgIpc) is 2.61. The second-order valence-electron chi connectivity index (χ2n) is 3.34. The van der Waals surface area contributed by atoms with Crippen LogP contribution in [-0.2, 0) is 6.54 Å². The molecular weight excluding hydrogens is 186 g/mol. The molecule has 0 fully saturated rings. The van der Waals surface area contributed by atoms with Gasteiger partial charge in [-0.2, -0.15) is 0 Å².